The number of amides is 2. The van der Waals surface area contributed by atoms with Crippen LogP contribution in [0, 0.1) is 0 Å². The number of hydrogen-bond donors (Lipinski definition) is 1. The van der Waals surface area contributed by atoms with Gasteiger partial charge in [-0.2, -0.15) is 0 Å². The predicted octanol–water partition coefficient (Wildman–Crippen LogP) is 4.17. The van der Waals surface area contributed by atoms with Gasteiger partial charge in [0.05, 0.1) is 11.9 Å². The molecule has 0 spiro atoms. The summed E-state index contributed by atoms with van der Waals surface area (Å²) in [6.07, 6.45) is 6.04. The highest BCUT2D eigenvalue weighted by atomic mass is 35.5. The van der Waals surface area contributed by atoms with Gasteiger partial charge in [0.15, 0.2) is 5.78 Å². The first-order valence-electron chi connectivity index (χ1n) is 12.4. The van der Waals surface area contributed by atoms with Crippen LogP contribution >= 0.6 is 11.6 Å². The average Bonchev–Trinajstić information content (AvgIpc) is 2.85. The van der Waals surface area contributed by atoms with Crippen LogP contribution in [0.4, 0.5) is 5.69 Å². The molecule has 200 valence electrons. The second-order valence-electron chi connectivity index (χ2n) is 9.55. The van der Waals surface area contributed by atoms with Gasteiger partial charge in [-0.1, -0.05) is 55.1 Å². The SMILES string of the molecule is CC(=O)c1cccc(N(CC(=O)N(Cc2cccc(Cl)c2)[C@H](C)C(=O)NC2CCCCC2)S(C)(=O)=O)c1. The van der Waals surface area contributed by atoms with Gasteiger partial charge in [0, 0.05) is 23.2 Å². The molecule has 1 saturated carbocycles. The minimum Gasteiger partial charge on any atom is -0.352 e. The Bertz CT molecular complexity index is 1240. The van der Waals surface area contributed by atoms with Gasteiger partial charge < -0.3 is 10.2 Å². The Hall–Kier alpha value is -2.91. The number of benzene rings is 2. The normalized spacial score (nSPS) is 15.0. The van der Waals surface area contributed by atoms with E-state index >= 15 is 0 Å². The third-order valence-electron chi connectivity index (χ3n) is 6.58. The fourth-order valence-corrected chi connectivity index (χ4v) is 5.53. The molecule has 1 fully saturated rings. The molecule has 0 aromatic heterocycles. The maximum Gasteiger partial charge on any atom is 0.244 e. The Morgan fingerprint density at radius 2 is 1.73 bits per heavy atom. The predicted molar refractivity (Wildman–Crippen MR) is 145 cm³/mol. The molecule has 0 unspecified atom stereocenters. The van der Waals surface area contributed by atoms with Gasteiger partial charge in [-0.25, -0.2) is 8.42 Å². The van der Waals surface area contributed by atoms with Crippen LogP contribution in [0.1, 0.15) is 61.9 Å². The van der Waals surface area contributed by atoms with Crippen molar-refractivity contribution in [1.29, 1.82) is 0 Å². The zero-order valence-corrected chi connectivity index (χ0v) is 23.0. The van der Waals surface area contributed by atoms with Crippen molar-refractivity contribution in [3.8, 4) is 0 Å². The second-order valence-corrected chi connectivity index (χ2v) is 11.9. The molecule has 1 atom stereocenters. The number of rotatable bonds is 10. The summed E-state index contributed by atoms with van der Waals surface area (Å²) in [5.74, 6) is -1.06. The summed E-state index contributed by atoms with van der Waals surface area (Å²) >= 11 is 6.15. The van der Waals surface area contributed by atoms with Crippen LogP contribution in [0.3, 0.4) is 0 Å². The Labute approximate surface area is 224 Å². The summed E-state index contributed by atoms with van der Waals surface area (Å²) in [4.78, 5) is 40.1. The number of ketones is 1. The van der Waals surface area contributed by atoms with Crippen LogP contribution in [-0.2, 0) is 26.2 Å². The van der Waals surface area contributed by atoms with Crippen LogP contribution in [0.5, 0.6) is 0 Å². The summed E-state index contributed by atoms with van der Waals surface area (Å²) in [5, 5.41) is 3.55. The lowest BCUT2D eigenvalue weighted by Gasteiger charge is -2.33. The molecular weight excluding hydrogens is 514 g/mol. The Balaban J connectivity index is 1.90. The molecule has 0 bridgehead atoms. The van der Waals surface area contributed by atoms with Crippen molar-refractivity contribution < 1.29 is 22.8 Å². The minimum absolute atomic E-state index is 0.0636. The number of halogens is 1. The quantitative estimate of drug-likeness (QED) is 0.449. The number of hydrogen-bond acceptors (Lipinski definition) is 5. The lowest BCUT2D eigenvalue weighted by atomic mass is 9.95. The fourth-order valence-electron chi connectivity index (χ4n) is 4.48. The van der Waals surface area contributed by atoms with Gasteiger partial charge in [-0.15, -0.1) is 0 Å². The Morgan fingerprint density at radius 1 is 1.05 bits per heavy atom. The van der Waals surface area contributed by atoms with Crippen molar-refractivity contribution in [2.45, 2.75) is 64.6 Å². The van der Waals surface area contributed by atoms with Crippen LogP contribution in [0.25, 0.3) is 0 Å². The third-order valence-corrected chi connectivity index (χ3v) is 7.96. The summed E-state index contributed by atoms with van der Waals surface area (Å²) in [7, 11) is -3.88. The van der Waals surface area contributed by atoms with E-state index in [1.165, 1.54) is 24.0 Å². The summed E-state index contributed by atoms with van der Waals surface area (Å²) in [6.45, 7) is 2.57. The summed E-state index contributed by atoms with van der Waals surface area (Å²) < 4.78 is 26.4. The Kier molecular flexibility index (Phi) is 9.73. The van der Waals surface area contributed by atoms with Crippen LogP contribution in [0.2, 0.25) is 5.02 Å². The van der Waals surface area contributed by atoms with E-state index in [1.54, 1.807) is 43.3 Å². The molecule has 1 N–H and O–H groups in total. The standard InChI is InChI=1S/C27H34ClN3O5S/c1-19(27(34)29-24-12-5-4-6-13-24)30(17-21-9-7-11-23(28)15-21)26(33)18-31(37(3,35)36)25-14-8-10-22(16-25)20(2)32/h7-11,14-16,19,24H,4-6,12-13,17-18H2,1-3H3,(H,29,34)/t19-/m1/s1. The summed E-state index contributed by atoms with van der Waals surface area (Å²) in [5.41, 5.74) is 1.24. The molecule has 0 aliphatic heterocycles. The van der Waals surface area contributed by atoms with E-state index in [2.05, 4.69) is 5.32 Å². The van der Waals surface area contributed by atoms with Gasteiger partial charge >= 0.3 is 0 Å². The van der Waals surface area contributed by atoms with Crippen LogP contribution in [-0.4, -0.2) is 55.8 Å². The van der Waals surface area contributed by atoms with Crippen molar-refractivity contribution in [2.24, 2.45) is 0 Å². The van der Waals surface area contributed by atoms with Crippen molar-refractivity contribution in [1.82, 2.24) is 10.2 Å². The van der Waals surface area contributed by atoms with Crippen LogP contribution < -0.4 is 9.62 Å². The first kappa shape index (κ1) is 28.7. The van der Waals surface area contributed by atoms with Crippen molar-refractivity contribution in [3.05, 3.63) is 64.7 Å². The molecule has 0 saturated heterocycles. The largest absolute Gasteiger partial charge is 0.352 e. The van der Waals surface area contributed by atoms with E-state index in [0.29, 0.717) is 16.1 Å². The molecular formula is C27H34ClN3O5S. The van der Waals surface area contributed by atoms with E-state index in [4.69, 9.17) is 11.6 Å². The lowest BCUT2D eigenvalue weighted by Crippen LogP contribution is -2.53. The highest BCUT2D eigenvalue weighted by Crippen LogP contribution is 2.22. The summed E-state index contributed by atoms with van der Waals surface area (Å²) in [6, 6.07) is 12.3. The molecule has 1 aliphatic carbocycles. The number of anilines is 1. The minimum atomic E-state index is -3.88. The Morgan fingerprint density at radius 3 is 2.35 bits per heavy atom. The number of carbonyl (C=O) groups excluding carboxylic acids is 3. The lowest BCUT2D eigenvalue weighted by molar-refractivity contribution is -0.139. The number of sulfonamides is 1. The highest BCUT2D eigenvalue weighted by molar-refractivity contribution is 7.92. The maximum absolute atomic E-state index is 13.7. The molecule has 2 aromatic carbocycles. The van der Waals surface area contributed by atoms with Gasteiger partial charge in [-0.3, -0.25) is 18.7 Å². The molecule has 8 nitrogen and oxygen atoms in total. The molecule has 1 aliphatic rings. The maximum atomic E-state index is 13.7. The zero-order valence-electron chi connectivity index (χ0n) is 21.4. The highest BCUT2D eigenvalue weighted by Gasteiger charge is 2.31. The van der Waals surface area contributed by atoms with Gasteiger partial charge in [-0.05, 0) is 56.5 Å². The number of nitrogens with zero attached hydrogens (tertiary/aromatic N) is 2. The fraction of sp³-hybridized carbons (Fsp3) is 0.444. The average molecular weight is 548 g/mol. The van der Waals surface area contributed by atoms with Crippen molar-refractivity contribution in [3.63, 3.8) is 0 Å². The van der Waals surface area contributed by atoms with Gasteiger partial charge in [0.1, 0.15) is 12.6 Å². The monoisotopic (exact) mass is 547 g/mol. The number of nitrogens with one attached hydrogen (secondary N) is 1. The molecule has 37 heavy (non-hydrogen) atoms. The van der Waals surface area contributed by atoms with Gasteiger partial charge in [0.2, 0.25) is 21.8 Å². The zero-order chi connectivity index (χ0) is 27.2. The van der Waals surface area contributed by atoms with E-state index in [0.717, 1.165) is 42.7 Å². The van der Waals surface area contributed by atoms with Crippen molar-refractivity contribution in [2.75, 3.05) is 17.1 Å². The number of Topliss-reactive ketones (excluding diaryl/α,β-unsaturated/α-hetero) is 1. The van der Waals surface area contributed by atoms with Crippen LogP contribution in [0.15, 0.2) is 48.5 Å². The third kappa shape index (κ3) is 8.04. The number of carbonyl (C=O) groups is 3. The molecule has 2 amide bonds. The first-order chi connectivity index (χ1) is 17.5. The van der Waals surface area contributed by atoms with E-state index < -0.39 is 28.5 Å². The topological polar surface area (TPSA) is 104 Å². The van der Waals surface area contributed by atoms with E-state index in [-0.39, 0.29) is 30.0 Å². The molecule has 3 rings (SSSR count). The molecule has 2 aromatic rings. The smallest absolute Gasteiger partial charge is 0.244 e. The van der Waals surface area contributed by atoms with Crippen molar-refractivity contribution >= 4 is 44.9 Å². The molecule has 0 radical (unpaired) electrons. The van der Waals surface area contributed by atoms with Gasteiger partial charge in [0.25, 0.3) is 0 Å². The molecule has 0 heterocycles. The first-order valence-corrected chi connectivity index (χ1v) is 14.6. The van der Waals surface area contributed by atoms with E-state index in [1.807, 2.05) is 0 Å². The molecule has 10 heteroatoms. The van der Waals surface area contributed by atoms with E-state index in [9.17, 15) is 22.8 Å². The second kappa shape index (κ2) is 12.6.